The van der Waals surface area contributed by atoms with Gasteiger partial charge in [0.05, 0.1) is 11.9 Å². The molecule has 4 rings (SSSR count). The first kappa shape index (κ1) is 25.0. The third kappa shape index (κ3) is 5.10. The molecule has 2 heterocycles. The Kier molecular flexibility index (Phi) is 7.68. The third-order valence-electron chi connectivity index (χ3n) is 6.64. The molecule has 1 aromatic carbocycles. The average Bonchev–Trinajstić information content (AvgIpc) is 3.43. The summed E-state index contributed by atoms with van der Waals surface area (Å²) in [5.41, 5.74) is 5.99. The predicted molar refractivity (Wildman–Crippen MR) is 133 cm³/mol. The molecule has 9 heteroatoms. The zero-order valence-corrected chi connectivity index (χ0v) is 19.8. The van der Waals surface area contributed by atoms with Crippen molar-refractivity contribution in [2.75, 3.05) is 10.2 Å². The molecule has 2 aromatic heterocycles. The van der Waals surface area contributed by atoms with Crippen molar-refractivity contribution in [2.45, 2.75) is 44.1 Å². The first-order chi connectivity index (χ1) is 17.4. The number of carbonyl (C=O) groups is 3. The fourth-order valence-corrected chi connectivity index (χ4v) is 5.08. The monoisotopic (exact) mass is 489 g/mol. The summed E-state index contributed by atoms with van der Waals surface area (Å²) in [5, 5.41) is 2.71. The molecule has 0 saturated heterocycles. The van der Waals surface area contributed by atoms with Crippen LogP contribution in [0.5, 0.6) is 0 Å². The minimum absolute atomic E-state index is 0.124. The number of benzene rings is 1. The third-order valence-corrected chi connectivity index (χ3v) is 6.64. The van der Waals surface area contributed by atoms with Crippen molar-refractivity contribution in [2.24, 2.45) is 11.7 Å². The van der Waals surface area contributed by atoms with Crippen LogP contribution in [0.4, 0.5) is 15.8 Å². The molecule has 1 unspecified atom stereocenters. The van der Waals surface area contributed by atoms with Crippen LogP contribution in [0.25, 0.3) is 0 Å². The molecule has 3 aromatic rings. The topological polar surface area (TPSA) is 118 Å². The van der Waals surface area contributed by atoms with E-state index in [1.165, 1.54) is 35.4 Å². The lowest BCUT2D eigenvalue weighted by Crippen LogP contribution is -2.61. The van der Waals surface area contributed by atoms with Crippen LogP contribution in [0.3, 0.4) is 0 Å². The van der Waals surface area contributed by atoms with E-state index in [1.807, 2.05) is 0 Å². The molecule has 0 spiro atoms. The lowest BCUT2D eigenvalue weighted by atomic mass is 9.74. The number of rotatable bonds is 9. The molecule has 1 saturated carbocycles. The van der Waals surface area contributed by atoms with E-state index in [1.54, 1.807) is 42.9 Å². The molecule has 36 heavy (non-hydrogen) atoms. The number of primary amides is 1. The van der Waals surface area contributed by atoms with E-state index in [4.69, 9.17) is 5.73 Å². The molecular weight excluding hydrogens is 461 g/mol. The summed E-state index contributed by atoms with van der Waals surface area (Å²) in [7, 11) is 0. The molecule has 0 bridgehead atoms. The van der Waals surface area contributed by atoms with Gasteiger partial charge in [-0.1, -0.05) is 12.8 Å². The Labute approximate surface area is 208 Å². The first-order valence-electron chi connectivity index (χ1n) is 11.9. The number of pyridine rings is 2. The van der Waals surface area contributed by atoms with E-state index < -0.39 is 23.2 Å². The van der Waals surface area contributed by atoms with E-state index in [2.05, 4.69) is 15.3 Å². The average molecular weight is 490 g/mol. The normalized spacial score (nSPS) is 15.1. The molecule has 3 N–H and O–H groups in total. The van der Waals surface area contributed by atoms with Crippen molar-refractivity contribution in [3.05, 3.63) is 84.7 Å². The number of anilines is 2. The second-order valence-electron chi connectivity index (χ2n) is 8.84. The maximum absolute atomic E-state index is 13.9. The van der Waals surface area contributed by atoms with Crippen LogP contribution in [0.2, 0.25) is 0 Å². The second-order valence-corrected chi connectivity index (χ2v) is 8.84. The molecule has 3 amide bonds. The fourth-order valence-electron chi connectivity index (χ4n) is 5.08. The van der Waals surface area contributed by atoms with E-state index in [0.717, 1.165) is 12.8 Å². The summed E-state index contributed by atoms with van der Waals surface area (Å²) >= 11 is 0. The van der Waals surface area contributed by atoms with Crippen molar-refractivity contribution in [1.82, 2.24) is 9.97 Å². The van der Waals surface area contributed by atoms with Gasteiger partial charge in [-0.25, -0.2) is 4.39 Å². The summed E-state index contributed by atoms with van der Waals surface area (Å²) in [6.45, 7) is 0. The highest BCUT2D eigenvalue weighted by Crippen LogP contribution is 2.47. The highest BCUT2D eigenvalue weighted by molar-refractivity contribution is 6.05. The van der Waals surface area contributed by atoms with Gasteiger partial charge >= 0.3 is 0 Å². The SMILES string of the molecule is NC(=O)C(c1ccncc1)(C1CCCC1)N(C(=O)CCC(=O)Nc1cccnc1)c1ccc(F)cc1. The van der Waals surface area contributed by atoms with Gasteiger partial charge in [0, 0.05) is 37.1 Å². The van der Waals surface area contributed by atoms with Gasteiger partial charge in [0.2, 0.25) is 17.7 Å². The number of aromatic nitrogens is 2. The van der Waals surface area contributed by atoms with Gasteiger partial charge in [0.25, 0.3) is 0 Å². The zero-order chi connectivity index (χ0) is 25.5. The van der Waals surface area contributed by atoms with Crippen LogP contribution in [-0.2, 0) is 19.9 Å². The van der Waals surface area contributed by atoms with Gasteiger partial charge in [-0.05, 0) is 72.9 Å². The smallest absolute Gasteiger partial charge is 0.248 e. The van der Waals surface area contributed by atoms with Gasteiger partial charge < -0.3 is 11.1 Å². The molecule has 186 valence electrons. The Morgan fingerprint density at radius 2 is 1.67 bits per heavy atom. The summed E-state index contributed by atoms with van der Waals surface area (Å²) < 4.78 is 13.8. The van der Waals surface area contributed by atoms with E-state index in [9.17, 15) is 18.8 Å². The summed E-state index contributed by atoms with van der Waals surface area (Å²) in [6.07, 6.45) is 9.06. The van der Waals surface area contributed by atoms with Crippen LogP contribution in [-0.4, -0.2) is 27.7 Å². The minimum Gasteiger partial charge on any atom is -0.367 e. The van der Waals surface area contributed by atoms with Gasteiger partial charge in [-0.15, -0.1) is 0 Å². The standard InChI is InChI=1S/C27H28FN5O3/c28-21-7-9-23(10-8-21)33(25(35)12-11-24(34)32-22-6-3-15-31-18-22)27(26(29)36,19-4-1-2-5-19)20-13-16-30-17-14-20/h3,6-10,13-19H,1-2,4-5,11-12H2,(H2,29,36)(H,32,34). The summed E-state index contributed by atoms with van der Waals surface area (Å²) in [6, 6.07) is 12.1. The van der Waals surface area contributed by atoms with Gasteiger partial charge in [0.1, 0.15) is 5.82 Å². The zero-order valence-electron chi connectivity index (χ0n) is 19.8. The number of halogens is 1. The van der Waals surface area contributed by atoms with Crippen molar-refractivity contribution in [1.29, 1.82) is 0 Å². The Morgan fingerprint density at radius 3 is 2.28 bits per heavy atom. The molecule has 1 aliphatic rings. The van der Waals surface area contributed by atoms with Gasteiger partial charge in [0.15, 0.2) is 5.54 Å². The van der Waals surface area contributed by atoms with Crippen LogP contribution < -0.4 is 16.0 Å². The molecule has 8 nitrogen and oxygen atoms in total. The fraction of sp³-hybridized carbons (Fsp3) is 0.296. The number of nitrogens with one attached hydrogen (secondary N) is 1. The first-order valence-corrected chi connectivity index (χ1v) is 11.9. The quantitative estimate of drug-likeness (QED) is 0.472. The Hall–Kier alpha value is -4.14. The number of hydrogen-bond acceptors (Lipinski definition) is 5. The maximum atomic E-state index is 13.9. The highest BCUT2D eigenvalue weighted by Gasteiger charge is 2.53. The van der Waals surface area contributed by atoms with Crippen LogP contribution in [0, 0.1) is 11.7 Å². The maximum Gasteiger partial charge on any atom is 0.248 e. The van der Waals surface area contributed by atoms with Crippen LogP contribution in [0.1, 0.15) is 44.1 Å². The van der Waals surface area contributed by atoms with Crippen LogP contribution in [0.15, 0.2) is 73.3 Å². The molecule has 1 aliphatic carbocycles. The minimum atomic E-state index is -1.52. The van der Waals surface area contributed by atoms with E-state index >= 15 is 0 Å². The molecule has 1 atom stereocenters. The van der Waals surface area contributed by atoms with Gasteiger partial charge in [-0.3, -0.25) is 29.3 Å². The van der Waals surface area contributed by atoms with Crippen LogP contribution >= 0.6 is 0 Å². The van der Waals surface area contributed by atoms with Crippen molar-refractivity contribution in [3.63, 3.8) is 0 Å². The van der Waals surface area contributed by atoms with E-state index in [-0.39, 0.29) is 24.7 Å². The number of nitrogens with zero attached hydrogens (tertiary/aromatic N) is 3. The van der Waals surface area contributed by atoms with Crippen molar-refractivity contribution >= 4 is 29.1 Å². The molecule has 0 aliphatic heterocycles. The number of nitrogens with two attached hydrogens (primary N) is 1. The van der Waals surface area contributed by atoms with E-state index in [0.29, 0.717) is 29.8 Å². The number of carbonyl (C=O) groups excluding carboxylic acids is 3. The molecular formula is C27H28FN5O3. The molecule has 0 radical (unpaired) electrons. The summed E-state index contributed by atoms with van der Waals surface area (Å²) in [5.74, 6) is -2.25. The van der Waals surface area contributed by atoms with Gasteiger partial charge in [-0.2, -0.15) is 0 Å². The highest BCUT2D eigenvalue weighted by atomic mass is 19.1. The predicted octanol–water partition coefficient (Wildman–Crippen LogP) is 3.94. The number of amides is 3. The lowest BCUT2D eigenvalue weighted by Gasteiger charge is -2.46. The Morgan fingerprint density at radius 1 is 0.972 bits per heavy atom. The number of hydrogen-bond donors (Lipinski definition) is 2. The second kappa shape index (κ2) is 11.1. The molecule has 1 fully saturated rings. The lowest BCUT2D eigenvalue weighted by molar-refractivity contribution is -0.131. The van der Waals surface area contributed by atoms with Crippen molar-refractivity contribution < 1.29 is 18.8 Å². The summed E-state index contributed by atoms with van der Waals surface area (Å²) in [4.78, 5) is 49.3. The Balaban J connectivity index is 1.73. The van der Waals surface area contributed by atoms with Crippen molar-refractivity contribution in [3.8, 4) is 0 Å². The Bertz CT molecular complexity index is 1200. The largest absolute Gasteiger partial charge is 0.367 e.